The molecule has 110 valence electrons. The zero-order valence-corrected chi connectivity index (χ0v) is 12.8. The molecule has 0 aliphatic rings. The quantitative estimate of drug-likeness (QED) is 0.822. The fourth-order valence-electron chi connectivity index (χ4n) is 2.43. The Bertz CT molecular complexity index is 631. The zero-order chi connectivity index (χ0) is 15.2. The first-order valence-corrected chi connectivity index (χ1v) is 7.41. The van der Waals surface area contributed by atoms with Crippen molar-refractivity contribution < 1.29 is 5.11 Å². The van der Waals surface area contributed by atoms with Gasteiger partial charge in [-0.05, 0) is 41.7 Å². The van der Waals surface area contributed by atoms with E-state index >= 15 is 0 Å². The van der Waals surface area contributed by atoms with Gasteiger partial charge in [0.2, 0.25) is 0 Å². The smallest absolute Gasteiger partial charge is 0.118 e. The monoisotopic (exact) mass is 281 g/mol. The molecular weight excluding hydrogens is 258 g/mol. The molecule has 0 aromatic heterocycles. The van der Waals surface area contributed by atoms with E-state index in [-0.39, 0.29) is 0 Å². The van der Waals surface area contributed by atoms with Crippen LogP contribution in [0.2, 0.25) is 0 Å². The van der Waals surface area contributed by atoms with Crippen LogP contribution in [0, 0.1) is 6.92 Å². The SMILES string of the molecule is C=C(NCc1ccc(O)c(CCC)c1)c1ccccc1C. The highest BCUT2D eigenvalue weighted by atomic mass is 16.3. The predicted octanol–water partition coefficient (Wildman–Crippen LogP) is 4.41. The molecule has 2 N–H and O–H groups in total. The molecule has 0 radical (unpaired) electrons. The van der Waals surface area contributed by atoms with Crippen LogP contribution >= 0.6 is 0 Å². The predicted molar refractivity (Wildman–Crippen MR) is 89.2 cm³/mol. The maximum Gasteiger partial charge on any atom is 0.118 e. The Morgan fingerprint density at radius 2 is 1.95 bits per heavy atom. The summed E-state index contributed by atoms with van der Waals surface area (Å²) in [6, 6.07) is 14.0. The highest BCUT2D eigenvalue weighted by molar-refractivity contribution is 5.64. The van der Waals surface area contributed by atoms with E-state index in [1.54, 1.807) is 6.07 Å². The van der Waals surface area contributed by atoms with E-state index in [9.17, 15) is 5.11 Å². The molecule has 21 heavy (non-hydrogen) atoms. The summed E-state index contributed by atoms with van der Waals surface area (Å²) in [5.74, 6) is 0.387. The second kappa shape index (κ2) is 6.98. The summed E-state index contributed by atoms with van der Waals surface area (Å²) in [4.78, 5) is 0. The third-order valence-corrected chi connectivity index (χ3v) is 3.64. The molecular formula is C19H23NO. The summed E-state index contributed by atoms with van der Waals surface area (Å²) >= 11 is 0. The number of hydrogen-bond acceptors (Lipinski definition) is 2. The third kappa shape index (κ3) is 3.88. The second-order valence-corrected chi connectivity index (χ2v) is 5.36. The topological polar surface area (TPSA) is 32.3 Å². The zero-order valence-electron chi connectivity index (χ0n) is 12.8. The van der Waals surface area contributed by atoms with Gasteiger partial charge in [0.1, 0.15) is 5.75 Å². The third-order valence-electron chi connectivity index (χ3n) is 3.64. The van der Waals surface area contributed by atoms with E-state index in [1.807, 2.05) is 18.2 Å². The molecule has 0 bridgehead atoms. The van der Waals surface area contributed by atoms with E-state index in [1.165, 1.54) is 5.56 Å². The number of phenols is 1. The Kier molecular flexibility index (Phi) is 5.04. The van der Waals surface area contributed by atoms with Crippen LogP contribution in [0.3, 0.4) is 0 Å². The van der Waals surface area contributed by atoms with Crippen molar-refractivity contribution in [3.8, 4) is 5.75 Å². The maximum atomic E-state index is 9.82. The molecule has 2 aromatic rings. The minimum absolute atomic E-state index is 0.387. The molecule has 0 saturated carbocycles. The minimum atomic E-state index is 0.387. The summed E-state index contributed by atoms with van der Waals surface area (Å²) < 4.78 is 0. The van der Waals surface area contributed by atoms with Crippen molar-refractivity contribution in [3.05, 3.63) is 71.3 Å². The van der Waals surface area contributed by atoms with Crippen LogP contribution < -0.4 is 5.32 Å². The summed E-state index contributed by atoms with van der Waals surface area (Å²) in [5, 5.41) is 13.2. The van der Waals surface area contributed by atoms with E-state index in [2.05, 4.69) is 43.9 Å². The summed E-state index contributed by atoms with van der Waals surface area (Å²) in [6.45, 7) is 9.03. The van der Waals surface area contributed by atoms with Crippen molar-refractivity contribution in [2.24, 2.45) is 0 Å². The highest BCUT2D eigenvalue weighted by Crippen LogP contribution is 2.21. The lowest BCUT2D eigenvalue weighted by Gasteiger charge is -2.13. The van der Waals surface area contributed by atoms with Gasteiger partial charge in [0.05, 0.1) is 0 Å². The van der Waals surface area contributed by atoms with Crippen molar-refractivity contribution in [2.75, 3.05) is 0 Å². The standard InChI is InChI=1S/C19H23NO/c1-4-7-17-12-16(10-11-19(17)21)13-20-15(3)18-9-6-5-8-14(18)2/h5-6,8-12,20-21H,3-4,7,13H2,1-2H3. The van der Waals surface area contributed by atoms with E-state index in [0.29, 0.717) is 12.3 Å². The number of rotatable bonds is 6. The van der Waals surface area contributed by atoms with Gasteiger partial charge in [-0.1, -0.05) is 56.3 Å². The van der Waals surface area contributed by atoms with Crippen LogP contribution in [-0.4, -0.2) is 5.11 Å². The van der Waals surface area contributed by atoms with Crippen molar-refractivity contribution in [2.45, 2.75) is 33.2 Å². The van der Waals surface area contributed by atoms with E-state index in [0.717, 1.165) is 35.2 Å². The van der Waals surface area contributed by atoms with Crippen molar-refractivity contribution in [3.63, 3.8) is 0 Å². The first kappa shape index (κ1) is 15.2. The molecule has 2 nitrogen and oxygen atoms in total. The Morgan fingerprint density at radius 1 is 1.19 bits per heavy atom. The van der Waals surface area contributed by atoms with Gasteiger partial charge < -0.3 is 10.4 Å². The average Bonchev–Trinajstić information content (AvgIpc) is 2.48. The van der Waals surface area contributed by atoms with Gasteiger partial charge in [-0.15, -0.1) is 0 Å². The van der Waals surface area contributed by atoms with Crippen LogP contribution in [0.1, 0.15) is 35.6 Å². The van der Waals surface area contributed by atoms with Crippen LogP contribution in [0.25, 0.3) is 5.70 Å². The molecule has 2 heteroatoms. The van der Waals surface area contributed by atoms with Crippen molar-refractivity contribution in [1.29, 1.82) is 0 Å². The molecule has 0 atom stereocenters. The molecule has 0 amide bonds. The van der Waals surface area contributed by atoms with Crippen LogP contribution in [-0.2, 0) is 13.0 Å². The number of hydrogen-bond donors (Lipinski definition) is 2. The Morgan fingerprint density at radius 3 is 2.67 bits per heavy atom. The number of aryl methyl sites for hydroxylation is 2. The van der Waals surface area contributed by atoms with Crippen molar-refractivity contribution in [1.82, 2.24) is 5.32 Å². The van der Waals surface area contributed by atoms with E-state index < -0.39 is 0 Å². The molecule has 0 spiro atoms. The average molecular weight is 281 g/mol. The largest absolute Gasteiger partial charge is 0.508 e. The molecule has 2 rings (SSSR count). The maximum absolute atomic E-state index is 9.82. The number of phenolic OH excluding ortho intramolecular Hbond substituents is 1. The summed E-state index contributed by atoms with van der Waals surface area (Å²) in [7, 11) is 0. The van der Waals surface area contributed by atoms with Crippen LogP contribution in [0.5, 0.6) is 5.75 Å². The van der Waals surface area contributed by atoms with E-state index in [4.69, 9.17) is 0 Å². The molecule has 0 fully saturated rings. The lowest BCUT2D eigenvalue weighted by molar-refractivity contribution is 0.467. The number of benzene rings is 2. The summed E-state index contributed by atoms with van der Waals surface area (Å²) in [5.41, 5.74) is 5.46. The van der Waals surface area contributed by atoms with Crippen LogP contribution in [0.15, 0.2) is 49.0 Å². The van der Waals surface area contributed by atoms with Gasteiger partial charge >= 0.3 is 0 Å². The van der Waals surface area contributed by atoms with Gasteiger partial charge in [0.25, 0.3) is 0 Å². The Balaban J connectivity index is 2.05. The first-order valence-electron chi connectivity index (χ1n) is 7.41. The van der Waals surface area contributed by atoms with Gasteiger partial charge in [-0.2, -0.15) is 0 Å². The highest BCUT2D eigenvalue weighted by Gasteiger charge is 2.04. The van der Waals surface area contributed by atoms with Gasteiger partial charge in [-0.3, -0.25) is 0 Å². The number of nitrogens with one attached hydrogen (secondary N) is 1. The molecule has 0 aliphatic heterocycles. The normalized spacial score (nSPS) is 10.4. The van der Waals surface area contributed by atoms with Gasteiger partial charge in [0.15, 0.2) is 0 Å². The van der Waals surface area contributed by atoms with Gasteiger partial charge in [-0.25, -0.2) is 0 Å². The Labute approximate surface area is 127 Å². The fraction of sp³-hybridized carbons (Fsp3) is 0.263. The summed E-state index contributed by atoms with van der Waals surface area (Å²) in [6.07, 6.45) is 1.93. The van der Waals surface area contributed by atoms with Gasteiger partial charge in [0, 0.05) is 12.2 Å². The van der Waals surface area contributed by atoms with Crippen molar-refractivity contribution >= 4 is 5.70 Å². The van der Waals surface area contributed by atoms with Crippen LogP contribution in [0.4, 0.5) is 0 Å². The lowest BCUT2D eigenvalue weighted by atomic mass is 10.0. The molecule has 0 unspecified atom stereocenters. The number of aromatic hydroxyl groups is 1. The molecule has 2 aromatic carbocycles. The minimum Gasteiger partial charge on any atom is -0.508 e. The fourth-order valence-corrected chi connectivity index (χ4v) is 2.43. The first-order chi connectivity index (χ1) is 10.1. The Hall–Kier alpha value is -2.22. The second-order valence-electron chi connectivity index (χ2n) is 5.36. The lowest BCUT2D eigenvalue weighted by Crippen LogP contribution is -2.11. The molecule has 0 heterocycles. The molecule has 0 saturated heterocycles. The molecule has 0 aliphatic carbocycles.